The fraction of sp³-hybridized carbons (Fsp3) is 0.765. The zero-order chi connectivity index (χ0) is 15.7. The third-order valence-corrected chi connectivity index (χ3v) is 5.20. The molecule has 3 atom stereocenters. The normalized spacial score (nSPS) is 34.8. The monoisotopic (exact) mass is 296 g/mol. The van der Waals surface area contributed by atoms with E-state index >= 15 is 0 Å². The highest BCUT2D eigenvalue weighted by Gasteiger charge is 2.59. The molecule has 0 aromatic heterocycles. The third-order valence-electron chi connectivity index (χ3n) is 5.20. The maximum atomic E-state index is 14.4. The van der Waals surface area contributed by atoms with Gasteiger partial charge in [0, 0.05) is 5.41 Å². The number of ether oxygens (including phenoxy) is 1. The van der Waals surface area contributed by atoms with Crippen molar-refractivity contribution >= 4 is 11.8 Å². The van der Waals surface area contributed by atoms with E-state index in [2.05, 4.69) is 0 Å². The number of carbonyl (C=O) groups is 2. The molecule has 1 saturated carbocycles. The maximum Gasteiger partial charge on any atom is 0.307 e. The molecule has 21 heavy (non-hydrogen) atoms. The van der Waals surface area contributed by atoms with Crippen molar-refractivity contribution in [3.8, 4) is 0 Å². The average Bonchev–Trinajstić information content (AvgIpc) is 2.82. The minimum atomic E-state index is -1.82. The summed E-state index contributed by atoms with van der Waals surface area (Å²) in [6.07, 6.45) is 7.77. The van der Waals surface area contributed by atoms with Gasteiger partial charge in [-0.05, 0) is 45.6 Å². The molecule has 2 rings (SSSR count). The summed E-state index contributed by atoms with van der Waals surface area (Å²) >= 11 is 0. The van der Waals surface area contributed by atoms with Gasteiger partial charge >= 0.3 is 5.97 Å². The first-order valence-electron chi connectivity index (χ1n) is 7.89. The van der Waals surface area contributed by atoms with Crippen LogP contribution in [0.25, 0.3) is 0 Å². The molecule has 3 nitrogen and oxygen atoms in total. The molecule has 1 aliphatic heterocycles. The lowest BCUT2D eigenvalue weighted by Gasteiger charge is -2.32. The molecule has 0 aromatic carbocycles. The minimum Gasteiger partial charge on any atom is -0.458 e. The van der Waals surface area contributed by atoms with Gasteiger partial charge in [0.05, 0.1) is 6.42 Å². The molecule has 118 valence electrons. The Hall–Kier alpha value is -1.19. The Kier molecular flexibility index (Phi) is 4.27. The second-order valence-electron chi connectivity index (χ2n) is 6.89. The van der Waals surface area contributed by atoms with Crippen LogP contribution in [0.1, 0.15) is 65.7 Å². The number of fused-ring (bicyclic) bond motifs is 1. The molecular formula is C17H25FO3. The molecule has 0 aromatic rings. The SMILES string of the molecule is CCCC[C@@](C)(F)C(=O)C=C[C@@]12CCC[C@@]1(C)OC(=O)C2. The number of esters is 1. The van der Waals surface area contributed by atoms with Crippen molar-refractivity contribution in [2.75, 3.05) is 0 Å². The standard InChI is InChI=1S/C17H25FO3/c1-4-5-8-15(2,18)13(19)7-11-17-10-6-9-16(17,3)21-14(20)12-17/h7,11H,4-6,8-10,12H2,1-3H3/t15-,16-,17-/m1/s1. The van der Waals surface area contributed by atoms with E-state index in [1.165, 1.54) is 13.0 Å². The van der Waals surface area contributed by atoms with Crippen LogP contribution in [0.3, 0.4) is 0 Å². The average molecular weight is 296 g/mol. The molecule has 0 bridgehead atoms. The van der Waals surface area contributed by atoms with Gasteiger partial charge in [0.1, 0.15) is 5.60 Å². The number of alkyl halides is 1. The molecule has 0 radical (unpaired) electrons. The molecule has 0 unspecified atom stereocenters. The lowest BCUT2D eigenvalue weighted by atomic mass is 9.74. The van der Waals surface area contributed by atoms with E-state index < -0.39 is 22.5 Å². The van der Waals surface area contributed by atoms with Crippen molar-refractivity contribution in [2.45, 2.75) is 77.0 Å². The van der Waals surface area contributed by atoms with Crippen LogP contribution in [-0.4, -0.2) is 23.0 Å². The molecule has 1 saturated heterocycles. The van der Waals surface area contributed by atoms with Crippen LogP contribution in [0.4, 0.5) is 4.39 Å². The van der Waals surface area contributed by atoms with Crippen LogP contribution in [0.5, 0.6) is 0 Å². The highest BCUT2D eigenvalue weighted by atomic mass is 19.1. The van der Waals surface area contributed by atoms with Crippen LogP contribution in [0, 0.1) is 5.41 Å². The molecule has 4 heteroatoms. The van der Waals surface area contributed by atoms with Crippen LogP contribution >= 0.6 is 0 Å². The molecule has 1 aliphatic carbocycles. The molecule has 0 N–H and O–H groups in total. The summed E-state index contributed by atoms with van der Waals surface area (Å²) < 4.78 is 19.8. The molecule has 0 amide bonds. The van der Waals surface area contributed by atoms with E-state index in [0.717, 1.165) is 25.7 Å². The number of halogens is 1. The number of unbranched alkanes of at least 4 members (excludes halogenated alkanes) is 1. The Morgan fingerprint density at radius 1 is 1.48 bits per heavy atom. The minimum absolute atomic E-state index is 0.219. The van der Waals surface area contributed by atoms with Gasteiger partial charge in [-0.2, -0.15) is 0 Å². The van der Waals surface area contributed by atoms with Crippen molar-refractivity contribution in [3.05, 3.63) is 12.2 Å². The van der Waals surface area contributed by atoms with Crippen LogP contribution in [0.15, 0.2) is 12.2 Å². The van der Waals surface area contributed by atoms with Gasteiger partial charge in [0.2, 0.25) is 0 Å². The summed E-state index contributed by atoms with van der Waals surface area (Å²) in [5, 5.41) is 0. The molecule has 2 aliphatic rings. The first-order valence-corrected chi connectivity index (χ1v) is 7.89. The number of hydrogen-bond acceptors (Lipinski definition) is 3. The fourth-order valence-electron chi connectivity index (χ4n) is 3.59. The maximum absolute atomic E-state index is 14.4. The van der Waals surface area contributed by atoms with Crippen molar-refractivity contribution < 1.29 is 18.7 Å². The zero-order valence-corrected chi connectivity index (χ0v) is 13.2. The van der Waals surface area contributed by atoms with Crippen molar-refractivity contribution in [1.82, 2.24) is 0 Å². The summed E-state index contributed by atoms with van der Waals surface area (Å²) in [4.78, 5) is 23.7. The van der Waals surface area contributed by atoms with E-state index in [1.807, 2.05) is 13.8 Å². The second kappa shape index (κ2) is 5.54. The van der Waals surface area contributed by atoms with E-state index in [0.29, 0.717) is 12.8 Å². The number of allylic oxidation sites excluding steroid dienone is 1. The van der Waals surface area contributed by atoms with Crippen molar-refractivity contribution in [3.63, 3.8) is 0 Å². The zero-order valence-electron chi connectivity index (χ0n) is 13.2. The fourth-order valence-corrected chi connectivity index (χ4v) is 3.59. The number of ketones is 1. The Labute approximate surface area is 125 Å². The Morgan fingerprint density at radius 2 is 2.19 bits per heavy atom. The third kappa shape index (κ3) is 2.90. The first kappa shape index (κ1) is 16.2. The summed E-state index contributed by atoms with van der Waals surface area (Å²) in [5.74, 6) is -0.720. The van der Waals surface area contributed by atoms with E-state index in [1.54, 1.807) is 6.08 Å². The topological polar surface area (TPSA) is 43.4 Å². The van der Waals surface area contributed by atoms with Crippen molar-refractivity contribution in [2.24, 2.45) is 5.41 Å². The predicted molar refractivity (Wildman–Crippen MR) is 78.6 cm³/mol. The molecule has 1 heterocycles. The van der Waals surface area contributed by atoms with E-state index in [4.69, 9.17) is 4.74 Å². The summed E-state index contributed by atoms with van der Waals surface area (Å²) in [5.41, 5.74) is -2.78. The van der Waals surface area contributed by atoms with Gasteiger partial charge in [-0.15, -0.1) is 0 Å². The Morgan fingerprint density at radius 3 is 2.86 bits per heavy atom. The summed E-state index contributed by atoms with van der Waals surface area (Å²) in [6.45, 7) is 5.24. The van der Waals surface area contributed by atoms with Gasteiger partial charge in [0.25, 0.3) is 0 Å². The van der Waals surface area contributed by atoms with E-state index in [9.17, 15) is 14.0 Å². The lowest BCUT2D eigenvalue weighted by molar-refractivity contribution is -0.148. The van der Waals surface area contributed by atoms with Crippen molar-refractivity contribution in [1.29, 1.82) is 0 Å². The van der Waals surface area contributed by atoms with Gasteiger partial charge in [-0.1, -0.05) is 25.8 Å². The van der Waals surface area contributed by atoms with Gasteiger partial charge in [-0.3, -0.25) is 9.59 Å². The van der Waals surface area contributed by atoms with Crippen LogP contribution in [-0.2, 0) is 14.3 Å². The highest BCUT2D eigenvalue weighted by Crippen LogP contribution is 2.56. The largest absolute Gasteiger partial charge is 0.458 e. The summed E-state index contributed by atoms with van der Waals surface area (Å²) in [7, 11) is 0. The number of rotatable bonds is 6. The van der Waals surface area contributed by atoms with Gasteiger partial charge in [-0.25, -0.2) is 4.39 Å². The Balaban J connectivity index is 2.13. The predicted octanol–water partition coefficient (Wildman–Crippen LogP) is 3.91. The highest BCUT2D eigenvalue weighted by molar-refractivity contribution is 5.96. The van der Waals surface area contributed by atoms with E-state index in [-0.39, 0.29) is 12.4 Å². The Bertz CT molecular complexity index is 469. The second-order valence-corrected chi connectivity index (χ2v) is 6.89. The molecule has 2 fully saturated rings. The molecular weight excluding hydrogens is 271 g/mol. The number of carbonyl (C=O) groups excluding carboxylic acids is 2. The van der Waals surface area contributed by atoms with Crippen LogP contribution < -0.4 is 0 Å². The lowest BCUT2D eigenvalue weighted by Crippen LogP contribution is -2.36. The van der Waals surface area contributed by atoms with Crippen LogP contribution in [0.2, 0.25) is 0 Å². The van der Waals surface area contributed by atoms with Gasteiger partial charge < -0.3 is 4.74 Å². The summed E-state index contributed by atoms with van der Waals surface area (Å²) in [6, 6.07) is 0. The smallest absolute Gasteiger partial charge is 0.307 e. The molecule has 0 spiro atoms. The first-order chi connectivity index (χ1) is 9.75. The van der Waals surface area contributed by atoms with Gasteiger partial charge in [0.15, 0.2) is 11.5 Å². The number of hydrogen-bond donors (Lipinski definition) is 0. The quantitative estimate of drug-likeness (QED) is 0.551.